The smallest absolute Gasteiger partial charge is 0.243 e. The van der Waals surface area contributed by atoms with Crippen LogP contribution in [-0.4, -0.2) is 55.3 Å². The maximum absolute atomic E-state index is 12.8. The molecule has 0 saturated heterocycles. The lowest BCUT2D eigenvalue weighted by atomic mass is 9.73. The minimum absolute atomic E-state index is 0.00345. The van der Waals surface area contributed by atoms with Crippen molar-refractivity contribution in [3.05, 3.63) is 71.7 Å². The molecule has 39 heavy (non-hydrogen) atoms. The molecule has 0 unspecified atom stereocenters. The van der Waals surface area contributed by atoms with Crippen LogP contribution in [0.5, 0.6) is 5.88 Å². The Morgan fingerprint density at radius 2 is 1.92 bits per heavy atom. The molecule has 1 aliphatic heterocycles. The van der Waals surface area contributed by atoms with E-state index in [0.29, 0.717) is 18.8 Å². The topological polar surface area (TPSA) is 114 Å². The number of aliphatic hydroxyl groups is 1. The monoisotopic (exact) mass is 532 g/mol. The lowest BCUT2D eigenvalue weighted by Crippen LogP contribution is -2.52. The van der Waals surface area contributed by atoms with Gasteiger partial charge in [-0.25, -0.2) is 4.98 Å². The molecule has 1 spiro atoms. The van der Waals surface area contributed by atoms with Crippen molar-refractivity contribution in [1.82, 2.24) is 30.6 Å². The van der Waals surface area contributed by atoms with Gasteiger partial charge in [-0.05, 0) is 54.7 Å². The quantitative estimate of drug-likeness (QED) is 0.367. The molecule has 3 atom stereocenters. The number of aliphatic hydroxyl groups excluding tert-OH is 1. The van der Waals surface area contributed by atoms with E-state index in [1.165, 1.54) is 22.8 Å². The third-order valence-corrected chi connectivity index (χ3v) is 7.63. The maximum Gasteiger partial charge on any atom is 0.243 e. The van der Waals surface area contributed by atoms with Crippen LogP contribution in [0.4, 0.5) is 0 Å². The van der Waals surface area contributed by atoms with E-state index in [1.54, 1.807) is 0 Å². The van der Waals surface area contributed by atoms with Gasteiger partial charge in [0, 0.05) is 30.8 Å². The van der Waals surface area contributed by atoms with Crippen LogP contribution in [0.2, 0.25) is 0 Å². The minimum Gasteiger partial charge on any atom is -0.471 e. The Hall–Kier alpha value is -3.30. The maximum atomic E-state index is 12.8. The predicted molar refractivity (Wildman–Crippen MR) is 148 cm³/mol. The van der Waals surface area contributed by atoms with Crippen molar-refractivity contribution < 1.29 is 14.6 Å². The zero-order valence-corrected chi connectivity index (χ0v) is 23.1. The first-order chi connectivity index (χ1) is 18.7. The summed E-state index contributed by atoms with van der Waals surface area (Å²) in [5.41, 5.74) is 3.25. The number of nitrogens with zero attached hydrogens (tertiary/aromatic N) is 4. The molecular formula is C30H40N6O3. The van der Waals surface area contributed by atoms with Gasteiger partial charge < -0.3 is 20.5 Å². The molecule has 1 aromatic carbocycles. The number of ether oxygens (including phenoxy) is 1. The number of fused-ring (bicyclic) bond motifs is 1. The van der Waals surface area contributed by atoms with Gasteiger partial charge in [-0.2, -0.15) is 15.0 Å². The summed E-state index contributed by atoms with van der Waals surface area (Å²) in [5.74, 6) is 0.457. The van der Waals surface area contributed by atoms with Crippen LogP contribution in [-0.2, 0) is 24.2 Å². The zero-order chi connectivity index (χ0) is 27.5. The summed E-state index contributed by atoms with van der Waals surface area (Å²) in [5, 5.41) is 26.1. The van der Waals surface area contributed by atoms with Crippen LogP contribution in [0.25, 0.3) is 0 Å². The zero-order valence-electron chi connectivity index (χ0n) is 23.1. The number of benzene rings is 1. The van der Waals surface area contributed by atoms with Crippen molar-refractivity contribution in [2.45, 2.75) is 89.6 Å². The number of aromatic nitrogens is 4. The van der Waals surface area contributed by atoms with Gasteiger partial charge in [0.25, 0.3) is 0 Å². The van der Waals surface area contributed by atoms with Gasteiger partial charge in [0.05, 0.1) is 24.5 Å². The van der Waals surface area contributed by atoms with Gasteiger partial charge in [0.2, 0.25) is 11.8 Å². The van der Waals surface area contributed by atoms with E-state index in [4.69, 9.17) is 9.72 Å². The number of carbonyl (C=O) groups is 1. The van der Waals surface area contributed by atoms with E-state index in [1.807, 2.05) is 36.5 Å². The van der Waals surface area contributed by atoms with Crippen molar-refractivity contribution in [2.24, 2.45) is 5.41 Å². The van der Waals surface area contributed by atoms with Crippen molar-refractivity contribution in [3.8, 4) is 5.88 Å². The lowest BCUT2D eigenvalue weighted by Gasteiger charge is -2.47. The van der Waals surface area contributed by atoms with Crippen molar-refractivity contribution in [3.63, 3.8) is 0 Å². The highest BCUT2D eigenvalue weighted by Gasteiger charge is 2.46. The molecule has 1 fully saturated rings. The summed E-state index contributed by atoms with van der Waals surface area (Å²) in [6.45, 7) is 6.99. The Balaban J connectivity index is 1.31. The van der Waals surface area contributed by atoms with Crippen molar-refractivity contribution in [1.29, 1.82) is 0 Å². The fourth-order valence-corrected chi connectivity index (χ4v) is 5.61. The molecule has 0 radical (unpaired) electrons. The Labute approximate surface area is 230 Å². The summed E-state index contributed by atoms with van der Waals surface area (Å²) in [4.78, 5) is 18.9. The van der Waals surface area contributed by atoms with Crippen LogP contribution >= 0.6 is 0 Å². The summed E-state index contributed by atoms with van der Waals surface area (Å²) in [6.07, 6.45) is 9.67. The Morgan fingerprint density at radius 3 is 2.59 bits per heavy atom. The van der Waals surface area contributed by atoms with Gasteiger partial charge in [-0.3, -0.25) is 4.79 Å². The van der Waals surface area contributed by atoms with E-state index in [2.05, 4.69) is 47.7 Å². The van der Waals surface area contributed by atoms with Gasteiger partial charge in [0.15, 0.2) is 0 Å². The number of hydrogen-bond donors (Lipinski definition) is 3. The molecular weight excluding hydrogens is 492 g/mol. The summed E-state index contributed by atoms with van der Waals surface area (Å²) >= 11 is 0. The highest BCUT2D eigenvalue weighted by Crippen LogP contribution is 2.48. The second kappa shape index (κ2) is 11.4. The molecule has 1 saturated carbocycles. The Morgan fingerprint density at radius 1 is 1.18 bits per heavy atom. The van der Waals surface area contributed by atoms with Crippen molar-refractivity contribution >= 4 is 5.91 Å². The van der Waals surface area contributed by atoms with E-state index < -0.39 is 12.1 Å². The molecule has 9 nitrogen and oxygen atoms in total. The molecule has 1 amide bonds. The first-order valence-electron chi connectivity index (χ1n) is 13.9. The van der Waals surface area contributed by atoms with Gasteiger partial charge in [0.1, 0.15) is 12.1 Å². The normalized spacial score (nSPS) is 19.4. The number of carbonyl (C=O) groups excluding carboxylic acids is 1. The summed E-state index contributed by atoms with van der Waals surface area (Å²) in [6, 6.07) is 11.6. The van der Waals surface area contributed by atoms with E-state index in [0.717, 1.165) is 43.2 Å². The van der Waals surface area contributed by atoms with E-state index >= 15 is 0 Å². The largest absolute Gasteiger partial charge is 0.471 e. The minimum atomic E-state index is -0.811. The fraction of sp³-hybridized carbons (Fsp3) is 0.533. The second-order valence-electron chi connectivity index (χ2n) is 12.3. The highest BCUT2D eigenvalue weighted by atomic mass is 16.5. The standard InChI is InChI=1S/C30H40N6O3/c1-29(2,3)16-22-14-23-25(17-30(10-7-11-30)39-28(23)32-18-22)31-19-26(37)24(15-21-8-5-4-6-9-21)35-27(38)20-36-33-12-13-34-36/h4-6,8-9,12-14,18,24-26,31,37H,7,10-11,15-17,19-20H2,1-3H3,(H,35,38)/t24-,25-,26+/m0/s1. The lowest BCUT2D eigenvalue weighted by molar-refractivity contribution is -0.123. The first-order valence-corrected chi connectivity index (χ1v) is 13.9. The average Bonchev–Trinajstić information content (AvgIpc) is 3.38. The highest BCUT2D eigenvalue weighted by molar-refractivity contribution is 5.75. The second-order valence-corrected chi connectivity index (χ2v) is 12.3. The molecule has 3 aromatic rings. The molecule has 2 aliphatic rings. The number of rotatable bonds is 10. The SMILES string of the molecule is CC(C)(C)Cc1cnc2c(c1)[C@@H](NC[C@@H](O)[C@H](Cc1ccccc1)NC(=O)Cn1nccn1)CC1(CCC1)O2. The summed E-state index contributed by atoms with van der Waals surface area (Å²) in [7, 11) is 0. The van der Waals surface area contributed by atoms with Gasteiger partial charge in [-0.15, -0.1) is 0 Å². The van der Waals surface area contributed by atoms with Crippen LogP contribution < -0.4 is 15.4 Å². The average molecular weight is 533 g/mol. The molecule has 9 heteroatoms. The molecule has 2 aromatic heterocycles. The Kier molecular flexibility index (Phi) is 8.00. The third-order valence-electron chi connectivity index (χ3n) is 7.63. The van der Waals surface area contributed by atoms with E-state index in [9.17, 15) is 9.90 Å². The number of nitrogens with one attached hydrogen (secondary N) is 2. The number of hydrogen-bond acceptors (Lipinski definition) is 7. The predicted octanol–water partition coefficient (Wildman–Crippen LogP) is 3.39. The van der Waals surface area contributed by atoms with Gasteiger partial charge in [-0.1, -0.05) is 51.1 Å². The number of amides is 1. The third kappa shape index (κ3) is 7.02. The van der Waals surface area contributed by atoms with E-state index in [-0.39, 0.29) is 29.5 Å². The molecule has 208 valence electrons. The number of pyridine rings is 1. The van der Waals surface area contributed by atoms with Crippen molar-refractivity contribution in [2.75, 3.05) is 6.54 Å². The molecule has 5 rings (SSSR count). The fourth-order valence-electron chi connectivity index (χ4n) is 5.61. The van der Waals surface area contributed by atoms with Crippen LogP contribution in [0.3, 0.4) is 0 Å². The Bertz CT molecular complexity index is 1240. The molecule has 3 heterocycles. The first kappa shape index (κ1) is 27.3. The van der Waals surface area contributed by atoms with Gasteiger partial charge >= 0.3 is 0 Å². The molecule has 0 bridgehead atoms. The molecule has 3 N–H and O–H groups in total. The van der Waals surface area contributed by atoms with Crippen LogP contribution in [0.1, 0.15) is 69.2 Å². The van der Waals surface area contributed by atoms with Crippen LogP contribution in [0, 0.1) is 5.41 Å². The van der Waals surface area contributed by atoms with Crippen LogP contribution in [0.15, 0.2) is 55.0 Å². The summed E-state index contributed by atoms with van der Waals surface area (Å²) < 4.78 is 6.42. The molecule has 1 aliphatic carbocycles.